The summed E-state index contributed by atoms with van der Waals surface area (Å²) in [5.74, 6) is -1.07. The van der Waals surface area contributed by atoms with Crippen molar-refractivity contribution in [2.75, 3.05) is 53.3 Å². The number of aliphatic hydroxyl groups excluding tert-OH is 3. The van der Waals surface area contributed by atoms with Gasteiger partial charge in [0.1, 0.15) is 36.7 Å². The number of oxime groups is 1. The molecule has 1 saturated carbocycles. The molecule has 3 aromatic carbocycles. The summed E-state index contributed by atoms with van der Waals surface area (Å²) in [6, 6.07) is 20.3. The van der Waals surface area contributed by atoms with E-state index in [2.05, 4.69) is 23.9 Å². The fourth-order valence-corrected chi connectivity index (χ4v) is 9.19. The van der Waals surface area contributed by atoms with Crippen LogP contribution in [0.2, 0.25) is 0 Å². The second-order valence-corrected chi connectivity index (χ2v) is 15.3. The molecule has 0 saturated heterocycles. The van der Waals surface area contributed by atoms with Crippen LogP contribution in [-0.2, 0) is 14.3 Å². The fourth-order valence-electron chi connectivity index (χ4n) is 9.19. The first kappa shape index (κ1) is 44.2. The van der Waals surface area contributed by atoms with Crippen LogP contribution in [0, 0.1) is 29.1 Å². The molecular weight excluding hydrogens is 767 g/mol. The van der Waals surface area contributed by atoms with Gasteiger partial charge in [0.25, 0.3) is 5.91 Å². The van der Waals surface area contributed by atoms with Gasteiger partial charge in [-0.15, -0.1) is 6.58 Å². The normalized spacial score (nSPS) is 23.3. The Bertz CT molecular complexity index is 2040. The van der Waals surface area contributed by atoms with Gasteiger partial charge in [0.2, 0.25) is 5.79 Å². The summed E-state index contributed by atoms with van der Waals surface area (Å²) in [7, 11) is 1.49. The number of hydrogen-bond donors (Lipinski definition) is 3. The second kappa shape index (κ2) is 21.2. The van der Waals surface area contributed by atoms with E-state index in [4.69, 9.17) is 23.8 Å². The average Bonchev–Trinajstić information content (AvgIpc) is 3.27. The molecule has 60 heavy (non-hydrogen) atoms. The molecule has 0 bridgehead atoms. The number of rotatable bonds is 22. The Morgan fingerprint density at radius 1 is 1.00 bits per heavy atom. The number of aliphatic hydroxyl groups is 3. The molecule has 0 spiro atoms. The lowest BCUT2D eigenvalue weighted by atomic mass is 9.55. The number of nitrogens with zero attached hydrogens (tertiary/aromatic N) is 3. The summed E-state index contributed by atoms with van der Waals surface area (Å²) in [4.78, 5) is 33.8. The Morgan fingerprint density at radius 2 is 1.77 bits per heavy atom. The number of amides is 1. The van der Waals surface area contributed by atoms with Gasteiger partial charge in [0.15, 0.2) is 0 Å². The van der Waals surface area contributed by atoms with E-state index in [9.17, 15) is 30.2 Å². The molecule has 13 nitrogen and oxygen atoms in total. The van der Waals surface area contributed by atoms with Crippen LogP contribution in [0.25, 0.3) is 0 Å². The monoisotopic (exact) mass is 821 g/mol. The van der Waals surface area contributed by atoms with Gasteiger partial charge in [-0.3, -0.25) is 9.59 Å². The molecule has 6 rings (SSSR count). The van der Waals surface area contributed by atoms with Gasteiger partial charge < -0.3 is 44.0 Å². The molecule has 1 heterocycles. The predicted molar refractivity (Wildman–Crippen MR) is 224 cm³/mol. The van der Waals surface area contributed by atoms with Gasteiger partial charge in [-0.2, -0.15) is 5.26 Å². The zero-order valence-corrected chi connectivity index (χ0v) is 34.1. The second-order valence-electron chi connectivity index (χ2n) is 15.3. The Balaban J connectivity index is 1.58. The molecule has 3 aromatic rings. The van der Waals surface area contributed by atoms with Crippen LogP contribution in [0.5, 0.6) is 17.2 Å². The Labute approximate surface area is 351 Å². The smallest absolute Gasteiger partial charge is 0.254 e. The summed E-state index contributed by atoms with van der Waals surface area (Å²) in [5.41, 5.74) is 3.64. The van der Waals surface area contributed by atoms with Crippen molar-refractivity contribution in [2.24, 2.45) is 22.9 Å². The standard InChI is InChI=1S/C47H55N3O10/c1-3-23-58-47-43(50(19-24-57-25-22-53)46(55)34-15-13-32(30-48)14-16-34)29-41(49-56-2)39-27-35(10-4-6-20-51)38(12-5-7-21-52)44(45(39)47)40-28-37(17-18-42(40)60-47)59-36-11-8-9-33(26-36)31-54/h3,8-9,11,13-18,26-28,31,35,38,43-45,51-53H,1,4-7,10,12,19-25,29H2,2H3/t35-,38+,43-,44+,45+,47+/m0/s1. The molecule has 318 valence electrons. The van der Waals surface area contributed by atoms with E-state index in [0.717, 1.165) is 43.1 Å². The van der Waals surface area contributed by atoms with Crippen molar-refractivity contribution in [2.45, 2.75) is 62.7 Å². The van der Waals surface area contributed by atoms with Crippen molar-refractivity contribution in [1.82, 2.24) is 4.90 Å². The first-order valence-corrected chi connectivity index (χ1v) is 20.7. The molecule has 13 heteroatoms. The van der Waals surface area contributed by atoms with Crippen molar-refractivity contribution in [1.29, 1.82) is 5.26 Å². The van der Waals surface area contributed by atoms with Gasteiger partial charge in [-0.25, -0.2) is 0 Å². The molecule has 6 atom stereocenters. The number of unbranched alkanes of at least 4 members (excludes halogenated alkanes) is 2. The highest BCUT2D eigenvalue weighted by Crippen LogP contribution is 2.62. The van der Waals surface area contributed by atoms with Gasteiger partial charge in [-0.05, 0) is 97.7 Å². The van der Waals surface area contributed by atoms with Crippen LogP contribution in [0.3, 0.4) is 0 Å². The zero-order valence-electron chi connectivity index (χ0n) is 34.1. The summed E-state index contributed by atoms with van der Waals surface area (Å²) < 4.78 is 26.5. The van der Waals surface area contributed by atoms with Crippen molar-refractivity contribution in [3.63, 3.8) is 0 Å². The van der Waals surface area contributed by atoms with Gasteiger partial charge in [-0.1, -0.05) is 42.3 Å². The summed E-state index contributed by atoms with van der Waals surface area (Å²) in [6.07, 6.45) is 9.22. The van der Waals surface area contributed by atoms with Crippen LogP contribution >= 0.6 is 0 Å². The lowest BCUT2D eigenvalue weighted by molar-refractivity contribution is -0.254. The molecule has 3 N–H and O–H groups in total. The number of benzene rings is 3. The zero-order chi connectivity index (χ0) is 42.5. The lowest BCUT2D eigenvalue weighted by Crippen LogP contribution is -2.70. The van der Waals surface area contributed by atoms with Gasteiger partial charge >= 0.3 is 0 Å². The first-order chi connectivity index (χ1) is 29.4. The van der Waals surface area contributed by atoms with Crippen molar-refractivity contribution >= 4 is 17.9 Å². The summed E-state index contributed by atoms with van der Waals surface area (Å²) >= 11 is 0. The Morgan fingerprint density at radius 3 is 2.47 bits per heavy atom. The molecule has 0 aromatic heterocycles. The van der Waals surface area contributed by atoms with Crippen LogP contribution in [0.4, 0.5) is 0 Å². The fraction of sp³-hybridized carbons (Fsp3) is 0.447. The predicted octanol–water partition coefficient (Wildman–Crippen LogP) is 6.58. The minimum Gasteiger partial charge on any atom is -0.459 e. The van der Waals surface area contributed by atoms with E-state index >= 15 is 0 Å². The van der Waals surface area contributed by atoms with Crippen LogP contribution in [0.1, 0.15) is 82.7 Å². The van der Waals surface area contributed by atoms with Crippen molar-refractivity contribution in [3.05, 3.63) is 113 Å². The maximum Gasteiger partial charge on any atom is 0.254 e. The highest BCUT2D eigenvalue weighted by Gasteiger charge is 2.65. The number of hydrogen-bond acceptors (Lipinski definition) is 12. The average molecular weight is 822 g/mol. The maximum atomic E-state index is 14.9. The molecular formula is C47H55N3O10. The van der Waals surface area contributed by atoms with E-state index in [-0.39, 0.29) is 76.3 Å². The number of fused-ring (bicyclic) bond motifs is 2. The largest absolute Gasteiger partial charge is 0.459 e. The maximum absolute atomic E-state index is 14.9. The number of carbonyl (C=O) groups excluding carboxylic acids is 2. The summed E-state index contributed by atoms with van der Waals surface area (Å²) in [6.45, 7) is 4.30. The molecule has 0 radical (unpaired) electrons. The quantitative estimate of drug-likeness (QED) is 0.0432. The molecule has 2 aliphatic carbocycles. The molecule has 1 amide bonds. The highest BCUT2D eigenvalue weighted by atomic mass is 16.7. The topological polar surface area (TPSA) is 180 Å². The third-order valence-electron chi connectivity index (χ3n) is 11.7. The number of nitriles is 1. The third kappa shape index (κ3) is 9.65. The number of carbonyl (C=O) groups is 2. The summed E-state index contributed by atoms with van der Waals surface area (Å²) in [5, 5.41) is 43.4. The van der Waals surface area contributed by atoms with E-state index in [1.807, 2.05) is 18.2 Å². The van der Waals surface area contributed by atoms with E-state index in [0.29, 0.717) is 52.5 Å². The minimum atomic E-state index is -1.50. The molecule has 0 unspecified atom stereocenters. The van der Waals surface area contributed by atoms with Crippen molar-refractivity contribution < 1.29 is 48.7 Å². The number of aldehydes is 1. The Hall–Kier alpha value is -5.36. The SMILES string of the molecule is C=CCO[C@@]12Oc3ccc(Oc4cccc(C=O)c4)cc3[C@H]3[C@H](CCCCO)[C@@H](CCCCO)C=C(C(=NOC)C[C@@H]1N(CCOCCO)C(=O)c1ccc(C#N)cc1)[C@H]32. The van der Waals surface area contributed by atoms with E-state index in [1.54, 1.807) is 59.5 Å². The van der Waals surface area contributed by atoms with Gasteiger partial charge in [0.05, 0.1) is 49.7 Å². The van der Waals surface area contributed by atoms with Gasteiger partial charge in [0, 0.05) is 48.8 Å². The van der Waals surface area contributed by atoms with E-state index in [1.165, 1.54) is 7.11 Å². The molecule has 1 fully saturated rings. The molecule has 1 aliphatic heterocycles. The van der Waals surface area contributed by atoms with Crippen LogP contribution in [0.15, 0.2) is 96.2 Å². The van der Waals surface area contributed by atoms with Crippen LogP contribution < -0.4 is 9.47 Å². The highest BCUT2D eigenvalue weighted by molar-refractivity contribution is 6.03. The minimum absolute atomic E-state index is 0.00917. The molecule has 3 aliphatic rings. The van der Waals surface area contributed by atoms with Crippen molar-refractivity contribution in [3.8, 4) is 23.3 Å². The number of ether oxygens (including phenoxy) is 4. The third-order valence-corrected chi connectivity index (χ3v) is 11.7. The lowest BCUT2D eigenvalue weighted by Gasteiger charge is -2.60. The van der Waals surface area contributed by atoms with E-state index < -0.39 is 17.7 Å². The number of allylic oxidation sites excluding steroid dienone is 1. The van der Waals surface area contributed by atoms with Crippen LogP contribution in [-0.4, -0.2) is 103 Å². The first-order valence-electron chi connectivity index (χ1n) is 20.7. The Kier molecular flexibility index (Phi) is 15.7.